The molecule has 8 nitrogen and oxygen atoms in total. The number of amides is 2. The van der Waals surface area contributed by atoms with E-state index in [4.69, 9.17) is 0 Å². The number of carbonyl (C=O) groups is 2. The summed E-state index contributed by atoms with van der Waals surface area (Å²) in [5, 5.41) is 10.4. The average Bonchev–Trinajstić information content (AvgIpc) is 3.03. The molecule has 0 bridgehead atoms. The lowest BCUT2D eigenvalue weighted by molar-refractivity contribution is -0.154. The van der Waals surface area contributed by atoms with Crippen LogP contribution in [0.1, 0.15) is 53.5 Å². The van der Waals surface area contributed by atoms with E-state index in [1.54, 1.807) is 26.8 Å². The number of ether oxygens (including phenoxy) is 1. The predicted molar refractivity (Wildman–Crippen MR) is 99.8 cm³/mol. The second-order valence-corrected chi connectivity index (χ2v) is 6.86. The van der Waals surface area contributed by atoms with E-state index < -0.39 is 18.8 Å². The van der Waals surface area contributed by atoms with E-state index in [1.165, 1.54) is 17.2 Å². The third-order valence-electron chi connectivity index (χ3n) is 4.68. The summed E-state index contributed by atoms with van der Waals surface area (Å²) in [7, 11) is 0. The van der Waals surface area contributed by atoms with Crippen molar-refractivity contribution in [1.29, 1.82) is 0 Å². The predicted octanol–water partition coefficient (Wildman–Crippen LogP) is 3.19. The van der Waals surface area contributed by atoms with Crippen molar-refractivity contribution in [2.75, 3.05) is 11.9 Å². The average molecular weight is 423 g/mol. The molecule has 1 aliphatic rings. The van der Waals surface area contributed by atoms with Crippen LogP contribution in [0.15, 0.2) is 18.3 Å². The van der Waals surface area contributed by atoms with Gasteiger partial charge in [0.2, 0.25) is 11.8 Å². The van der Waals surface area contributed by atoms with E-state index in [1.807, 2.05) is 0 Å². The van der Waals surface area contributed by atoms with Gasteiger partial charge in [0.15, 0.2) is 6.61 Å². The number of fused-ring (bicyclic) bond motifs is 1. The van der Waals surface area contributed by atoms with Crippen LogP contribution in [0.25, 0.3) is 0 Å². The zero-order valence-electron chi connectivity index (χ0n) is 16.6. The highest BCUT2D eigenvalue weighted by Crippen LogP contribution is 2.34. The zero-order valence-corrected chi connectivity index (χ0v) is 16.6. The van der Waals surface area contributed by atoms with Crippen molar-refractivity contribution in [2.24, 2.45) is 0 Å². The van der Waals surface area contributed by atoms with Gasteiger partial charge in [0.05, 0.1) is 18.3 Å². The van der Waals surface area contributed by atoms with Gasteiger partial charge in [-0.05, 0) is 26.0 Å². The Balaban J connectivity index is 1.80. The van der Waals surface area contributed by atoms with Crippen LogP contribution in [0.5, 0.6) is 5.88 Å². The molecular weight excluding hydrogens is 403 g/mol. The van der Waals surface area contributed by atoms with Crippen LogP contribution in [0.4, 0.5) is 19.0 Å². The molecule has 30 heavy (non-hydrogen) atoms. The molecule has 1 unspecified atom stereocenters. The van der Waals surface area contributed by atoms with Gasteiger partial charge in [-0.3, -0.25) is 9.59 Å². The normalized spacial score (nSPS) is 14.5. The van der Waals surface area contributed by atoms with Crippen LogP contribution in [0.2, 0.25) is 0 Å². The van der Waals surface area contributed by atoms with E-state index in [2.05, 4.69) is 25.2 Å². The van der Waals surface area contributed by atoms with Crippen molar-refractivity contribution < 1.29 is 27.5 Å². The van der Waals surface area contributed by atoms with Gasteiger partial charge in [0.25, 0.3) is 5.91 Å². The summed E-state index contributed by atoms with van der Waals surface area (Å²) < 4.78 is 41.7. The summed E-state index contributed by atoms with van der Waals surface area (Å²) in [6, 6.07) is 2.61. The molecule has 2 amide bonds. The minimum atomic E-state index is -4.48. The van der Waals surface area contributed by atoms with Gasteiger partial charge in [0, 0.05) is 29.3 Å². The van der Waals surface area contributed by atoms with E-state index in [9.17, 15) is 22.8 Å². The van der Waals surface area contributed by atoms with Crippen LogP contribution in [0, 0.1) is 6.92 Å². The van der Waals surface area contributed by atoms with Gasteiger partial charge < -0.3 is 15.0 Å². The minimum Gasteiger partial charge on any atom is -0.467 e. The summed E-state index contributed by atoms with van der Waals surface area (Å²) >= 11 is 0. The lowest BCUT2D eigenvalue weighted by Crippen LogP contribution is -2.28. The van der Waals surface area contributed by atoms with Crippen LogP contribution in [-0.4, -0.2) is 44.7 Å². The maximum absolute atomic E-state index is 12.9. The maximum atomic E-state index is 12.9. The first-order valence-corrected chi connectivity index (χ1v) is 9.23. The summed E-state index contributed by atoms with van der Waals surface area (Å²) in [6.45, 7) is 3.74. The largest absolute Gasteiger partial charge is 0.467 e. The fourth-order valence-electron chi connectivity index (χ4n) is 3.04. The van der Waals surface area contributed by atoms with Gasteiger partial charge >= 0.3 is 6.18 Å². The van der Waals surface area contributed by atoms with Gasteiger partial charge in [-0.2, -0.15) is 13.2 Å². The minimum absolute atomic E-state index is 0.204. The second kappa shape index (κ2) is 8.25. The van der Waals surface area contributed by atoms with Gasteiger partial charge in [-0.15, -0.1) is 10.2 Å². The standard InChI is InChI=1S/C19H20F3N5O3/c1-4-15(28)24-16-13-8-27(18(29)12(13)5-6-23-16)11(3)14-7-10(2)17(26-25-14)30-9-19(20,21)22/h5-7,11H,4,8-9H2,1-3H3,(H,23,24,28). The van der Waals surface area contributed by atoms with Crippen LogP contribution in [0.3, 0.4) is 0 Å². The summed E-state index contributed by atoms with van der Waals surface area (Å²) in [4.78, 5) is 30.3. The molecule has 0 aliphatic carbocycles. The van der Waals surface area contributed by atoms with Gasteiger partial charge in [0.1, 0.15) is 5.82 Å². The number of hydrogen-bond acceptors (Lipinski definition) is 6. The number of aryl methyl sites for hydroxylation is 1. The number of nitrogens with one attached hydrogen (secondary N) is 1. The smallest absolute Gasteiger partial charge is 0.422 e. The quantitative estimate of drug-likeness (QED) is 0.767. The van der Waals surface area contributed by atoms with Crippen molar-refractivity contribution in [2.45, 2.75) is 46.0 Å². The molecule has 0 radical (unpaired) electrons. The number of nitrogens with zero attached hydrogens (tertiary/aromatic N) is 4. The molecule has 0 saturated heterocycles. The number of aromatic nitrogens is 3. The Morgan fingerprint density at radius 1 is 1.37 bits per heavy atom. The molecule has 3 rings (SSSR count). The van der Waals surface area contributed by atoms with Crippen molar-refractivity contribution in [3.63, 3.8) is 0 Å². The number of halogens is 3. The molecule has 2 aromatic rings. The molecule has 0 fully saturated rings. The fourth-order valence-corrected chi connectivity index (χ4v) is 3.04. The molecule has 11 heteroatoms. The molecule has 1 N–H and O–H groups in total. The first-order valence-electron chi connectivity index (χ1n) is 9.23. The molecule has 0 saturated carbocycles. The lowest BCUT2D eigenvalue weighted by Gasteiger charge is -2.24. The number of pyridine rings is 1. The maximum Gasteiger partial charge on any atom is 0.422 e. The topological polar surface area (TPSA) is 97.3 Å². The van der Waals surface area contributed by atoms with E-state index >= 15 is 0 Å². The molecule has 3 heterocycles. The zero-order chi connectivity index (χ0) is 22.1. The van der Waals surface area contributed by atoms with Crippen LogP contribution < -0.4 is 10.1 Å². The number of rotatable bonds is 6. The molecule has 2 aromatic heterocycles. The fraction of sp³-hybridized carbons (Fsp3) is 0.421. The molecular formula is C19H20F3N5O3. The van der Waals surface area contributed by atoms with Gasteiger partial charge in [-0.25, -0.2) is 4.98 Å². The van der Waals surface area contributed by atoms with Crippen molar-refractivity contribution in [1.82, 2.24) is 20.1 Å². The number of alkyl halides is 3. The van der Waals surface area contributed by atoms with Crippen molar-refractivity contribution >= 4 is 17.6 Å². The Kier molecular flexibility index (Phi) is 5.90. The summed E-state index contributed by atoms with van der Waals surface area (Å²) in [5.41, 5.74) is 1.81. The Morgan fingerprint density at radius 2 is 2.10 bits per heavy atom. The molecule has 1 aliphatic heterocycles. The Labute approximate surface area is 170 Å². The molecule has 0 aromatic carbocycles. The number of anilines is 1. The Bertz CT molecular complexity index is 980. The summed E-state index contributed by atoms with van der Waals surface area (Å²) in [5.74, 6) is -0.358. The molecule has 160 valence electrons. The monoisotopic (exact) mass is 423 g/mol. The van der Waals surface area contributed by atoms with E-state index in [-0.39, 0.29) is 30.7 Å². The highest BCUT2D eigenvalue weighted by molar-refractivity contribution is 6.01. The Morgan fingerprint density at radius 3 is 2.73 bits per heavy atom. The lowest BCUT2D eigenvalue weighted by atomic mass is 10.1. The van der Waals surface area contributed by atoms with Gasteiger partial charge in [-0.1, -0.05) is 6.92 Å². The third-order valence-corrected chi connectivity index (χ3v) is 4.68. The number of hydrogen-bond donors (Lipinski definition) is 1. The van der Waals surface area contributed by atoms with Crippen molar-refractivity contribution in [3.05, 3.63) is 40.7 Å². The SMILES string of the molecule is CCC(=O)Nc1nccc2c1CN(C(C)c1cc(C)c(OCC(F)(F)F)nn1)C2=O. The highest BCUT2D eigenvalue weighted by atomic mass is 19.4. The van der Waals surface area contributed by atoms with Crippen molar-refractivity contribution in [3.8, 4) is 5.88 Å². The highest BCUT2D eigenvalue weighted by Gasteiger charge is 2.35. The third kappa shape index (κ3) is 4.50. The first kappa shape index (κ1) is 21.5. The second-order valence-electron chi connectivity index (χ2n) is 6.86. The molecule has 0 spiro atoms. The number of carbonyl (C=O) groups excluding carboxylic acids is 2. The van der Waals surface area contributed by atoms with E-state index in [0.29, 0.717) is 28.2 Å². The van der Waals surface area contributed by atoms with Crippen LogP contribution in [-0.2, 0) is 11.3 Å². The molecule has 1 atom stereocenters. The first-order chi connectivity index (χ1) is 14.1. The Hall–Kier alpha value is -3.24. The van der Waals surface area contributed by atoms with E-state index in [0.717, 1.165) is 0 Å². The summed E-state index contributed by atoms with van der Waals surface area (Å²) in [6.07, 6.45) is -2.75. The van der Waals surface area contributed by atoms with Crippen LogP contribution >= 0.6 is 0 Å².